The Balaban J connectivity index is 1.48. The van der Waals surface area contributed by atoms with Crippen molar-refractivity contribution < 1.29 is 13.2 Å². The van der Waals surface area contributed by atoms with Gasteiger partial charge in [0.05, 0.1) is 11.5 Å². The van der Waals surface area contributed by atoms with E-state index < -0.39 is 10.0 Å². The second-order valence-corrected chi connectivity index (χ2v) is 8.60. The number of ether oxygens (including phenoxy) is 1. The maximum Gasteiger partial charge on any atom is 0.240 e. The fraction of sp³-hybridized carbons (Fsp3) is 0.286. The lowest BCUT2D eigenvalue weighted by Gasteiger charge is -2.11. The van der Waals surface area contributed by atoms with Gasteiger partial charge in [-0.25, -0.2) is 18.1 Å². The number of hydrogen-bond donors (Lipinski definition) is 3. The standard InChI is InChI=1S/C21H26N6O3S/c1-4-30-18-7-6-17(13-16(18)3)31(28,29)24-12-11-22-20-9-10-21(27-26-20)25-19-8-5-15(2)14-23-19/h5-10,13-14,24H,4,11-12H2,1-3H3,(H,22,26)(H,23,25,27). The van der Waals surface area contributed by atoms with E-state index in [1.54, 1.807) is 30.5 Å². The smallest absolute Gasteiger partial charge is 0.240 e. The third kappa shape index (κ3) is 6.37. The molecular weight excluding hydrogens is 416 g/mol. The summed E-state index contributed by atoms with van der Waals surface area (Å²) in [5, 5.41) is 14.3. The molecular formula is C21H26N6O3S. The Labute approximate surface area is 182 Å². The highest BCUT2D eigenvalue weighted by Gasteiger charge is 2.15. The maximum atomic E-state index is 12.5. The number of benzene rings is 1. The number of aromatic nitrogens is 3. The molecule has 0 spiro atoms. The van der Waals surface area contributed by atoms with Gasteiger partial charge in [0.25, 0.3) is 0 Å². The van der Waals surface area contributed by atoms with Gasteiger partial charge in [0.1, 0.15) is 17.4 Å². The molecule has 0 atom stereocenters. The second kappa shape index (κ2) is 10.2. The summed E-state index contributed by atoms with van der Waals surface area (Å²) in [6.07, 6.45) is 1.77. The van der Waals surface area contributed by atoms with Crippen LogP contribution >= 0.6 is 0 Å². The van der Waals surface area contributed by atoms with E-state index >= 15 is 0 Å². The van der Waals surface area contributed by atoms with Crippen molar-refractivity contribution in [3.8, 4) is 5.75 Å². The Bertz CT molecular complexity index is 1100. The maximum absolute atomic E-state index is 12.5. The van der Waals surface area contributed by atoms with Crippen LogP contribution in [-0.4, -0.2) is 43.3 Å². The lowest BCUT2D eigenvalue weighted by Crippen LogP contribution is -2.29. The molecule has 3 aromatic rings. The van der Waals surface area contributed by atoms with Crippen molar-refractivity contribution in [2.24, 2.45) is 0 Å². The molecule has 0 aliphatic heterocycles. The Morgan fingerprint density at radius 1 is 0.935 bits per heavy atom. The van der Waals surface area contributed by atoms with E-state index in [-0.39, 0.29) is 11.4 Å². The molecule has 0 bridgehead atoms. The molecule has 0 radical (unpaired) electrons. The molecule has 0 aliphatic rings. The molecule has 10 heteroatoms. The van der Waals surface area contributed by atoms with Crippen molar-refractivity contribution >= 4 is 27.5 Å². The monoisotopic (exact) mass is 442 g/mol. The van der Waals surface area contributed by atoms with Gasteiger partial charge in [-0.05, 0) is 68.3 Å². The molecule has 2 aromatic heterocycles. The first-order chi connectivity index (χ1) is 14.9. The normalized spacial score (nSPS) is 11.2. The molecule has 3 N–H and O–H groups in total. The zero-order valence-electron chi connectivity index (χ0n) is 17.7. The van der Waals surface area contributed by atoms with Gasteiger partial charge in [-0.2, -0.15) is 0 Å². The first-order valence-electron chi connectivity index (χ1n) is 9.88. The van der Waals surface area contributed by atoms with Crippen molar-refractivity contribution in [1.29, 1.82) is 0 Å². The topological polar surface area (TPSA) is 118 Å². The molecule has 0 saturated heterocycles. The van der Waals surface area contributed by atoms with Gasteiger partial charge in [0.15, 0.2) is 5.82 Å². The first-order valence-corrected chi connectivity index (χ1v) is 11.4. The number of sulfonamides is 1. The van der Waals surface area contributed by atoms with Crippen molar-refractivity contribution in [3.05, 3.63) is 59.8 Å². The minimum absolute atomic E-state index is 0.198. The summed E-state index contributed by atoms with van der Waals surface area (Å²) in [6.45, 7) is 6.75. The summed E-state index contributed by atoms with van der Waals surface area (Å²) in [5.41, 5.74) is 1.84. The molecule has 9 nitrogen and oxygen atoms in total. The summed E-state index contributed by atoms with van der Waals surface area (Å²) in [6, 6.07) is 12.1. The van der Waals surface area contributed by atoms with Gasteiger partial charge < -0.3 is 15.4 Å². The molecule has 31 heavy (non-hydrogen) atoms. The number of aryl methyl sites for hydroxylation is 2. The molecule has 0 saturated carbocycles. The van der Waals surface area contributed by atoms with Crippen LogP contribution in [0.25, 0.3) is 0 Å². The number of anilines is 3. The van der Waals surface area contributed by atoms with Crippen LogP contribution in [-0.2, 0) is 10.0 Å². The summed E-state index contributed by atoms with van der Waals surface area (Å²) in [4.78, 5) is 4.46. The summed E-state index contributed by atoms with van der Waals surface area (Å²) in [5.74, 6) is 2.46. The van der Waals surface area contributed by atoms with E-state index in [1.165, 1.54) is 6.07 Å². The fourth-order valence-corrected chi connectivity index (χ4v) is 3.85. The number of rotatable bonds is 10. The number of nitrogens with zero attached hydrogens (tertiary/aromatic N) is 3. The van der Waals surface area contributed by atoms with Gasteiger partial charge in [0.2, 0.25) is 10.0 Å². The van der Waals surface area contributed by atoms with Crippen LogP contribution in [0.2, 0.25) is 0 Å². The highest BCUT2D eigenvalue weighted by molar-refractivity contribution is 7.89. The van der Waals surface area contributed by atoms with Crippen LogP contribution in [0.5, 0.6) is 5.75 Å². The average Bonchev–Trinajstić information content (AvgIpc) is 2.75. The highest BCUT2D eigenvalue weighted by atomic mass is 32.2. The molecule has 3 rings (SSSR count). The molecule has 1 aromatic carbocycles. The molecule has 0 unspecified atom stereocenters. The number of hydrogen-bond acceptors (Lipinski definition) is 8. The molecule has 0 amide bonds. The average molecular weight is 443 g/mol. The van der Waals surface area contributed by atoms with Gasteiger partial charge >= 0.3 is 0 Å². The molecule has 0 aliphatic carbocycles. The lowest BCUT2D eigenvalue weighted by molar-refractivity contribution is 0.337. The summed E-state index contributed by atoms with van der Waals surface area (Å²) >= 11 is 0. The first kappa shape index (κ1) is 22.4. The van der Waals surface area contributed by atoms with Gasteiger partial charge in [-0.1, -0.05) is 6.07 Å². The van der Waals surface area contributed by atoms with Crippen molar-refractivity contribution in [2.45, 2.75) is 25.7 Å². The molecule has 0 fully saturated rings. The SMILES string of the molecule is CCOc1ccc(S(=O)(=O)NCCNc2ccc(Nc3ccc(C)cn3)nn2)cc1C. The van der Waals surface area contributed by atoms with E-state index in [0.29, 0.717) is 36.4 Å². The Morgan fingerprint density at radius 2 is 1.68 bits per heavy atom. The second-order valence-electron chi connectivity index (χ2n) is 6.83. The summed E-state index contributed by atoms with van der Waals surface area (Å²) < 4.78 is 33.0. The Kier molecular flexibility index (Phi) is 7.37. The minimum Gasteiger partial charge on any atom is -0.494 e. The van der Waals surface area contributed by atoms with Crippen LogP contribution in [0.1, 0.15) is 18.1 Å². The minimum atomic E-state index is -3.61. The van der Waals surface area contributed by atoms with Crippen molar-refractivity contribution in [3.63, 3.8) is 0 Å². The Hall–Kier alpha value is -3.24. The Morgan fingerprint density at radius 3 is 2.32 bits per heavy atom. The van der Waals surface area contributed by atoms with Crippen LogP contribution in [0.4, 0.5) is 17.5 Å². The summed E-state index contributed by atoms with van der Waals surface area (Å²) in [7, 11) is -3.61. The van der Waals surface area contributed by atoms with E-state index in [1.807, 2.05) is 32.9 Å². The van der Waals surface area contributed by atoms with Crippen LogP contribution in [0.3, 0.4) is 0 Å². The number of pyridine rings is 1. The number of nitrogens with one attached hydrogen (secondary N) is 3. The van der Waals surface area contributed by atoms with E-state index in [9.17, 15) is 8.42 Å². The van der Waals surface area contributed by atoms with E-state index in [4.69, 9.17) is 4.74 Å². The lowest BCUT2D eigenvalue weighted by atomic mass is 10.2. The van der Waals surface area contributed by atoms with E-state index in [2.05, 4.69) is 30.5 Å². The quantitative estimate of drug-likeness (QED) is 0.410. The van der Waals surface area contributed by atoms with Gasteiger partial charge in [-0.15, -0.1) is 10.2 Å². The predicted octanol–water partition coefficient (Wildman–Crippen LogP) is 3.02. The largest absolute Gasteiger partial charge is 0.494 e. The molecule has 2 heterocycles. The third-order valence-corrected chi connectivity index (χ3v) is 5.77. The third-order valence-electron chi connectivity index (χ3n) is 4.31. The highest BCUT2D eigenvalue weighted by Crippen LogP contribution is 2.21. The predicted molar refractivity (Wildman–Crippen MR) is 120 cm³/mol. The van der Waals surface area contributed by atoms with Crippen LogP contribution < -0.4 is 20.1 Å². The van der Waals surface area contributed by atoms with E-state index in [0.717, 1.165) is 11.1 Å². The van der Waals surface area contributed by atoms with Crippen LogP contribution in [0.15, 0.2) is 53.6 Å². The van der Waals surface area contributed by atoms with Crippen molar-refractivity contribution in [2.75, 3.05) is 30.3 Å². The van der Waals surface area contributed by atoms with Crippen molar-refractivity contribution in [1.82, 2.24) is 19.9 Å². The fourth-order valence-electron chi connectivity index (χ4n) is 2.73. The molecule has 164 valence electrons. The van der Waals surface area contributed by atoms with Gasteiger partial charge in [0, 0.05) is 19.3 Å². The van der Waals surface area contributed by atoms with Gasteiger partial charge in [-0.3, -0.25) is 0 Å². The zero-order valence-corrected chi connectivity index (χ0v) is 18.5. The van der Waals surface area contributed by atoms with Crippen LogP contribution in [0, 0.1) is 13.8 Å². The zero-order chi connectivity index (χ0) is 22.3.